The van der Waals surface area contributed by atoms with Gasteiger partial charge in [0, 0.05) is 19.4 Å². The van der Waals surface area contributed by atoms with E-state index in [0.717, 1.165) is 6.42 Å². The Labute approximate surface area is 110 Å². The fourth-order valence-corrected chi connectivity index (χ4v) is 2.29. The van der Waals surface area contributed by atoms with Gasteiger partial charge in [-0.25, -0.2) is 8.78 Å². The second kappa shape index (κ2) is 5.28. The van der Waals surface area contributed by atoms with Crippen molar-refractivity contribution in [3.8, 4) is 0 Å². The van der Waals surface area contributed by atoms with Gasteiger partial charge in [-0.3, -0.25) is 4.79 Å². The summed E-state index contributed by atoms with van der Waals surface area (Å²) < 4.78 is 30.6. The van der Waals surface area contributed by atoms with Crippen molar-refractivity contribution in [2.75, 3.05) is 13.1 Å². The minimum atomic E-state index is -2.84. The van der Waals surface area contributed by atoms with Crippen molar-refractivity contribution in [3.63, 3.8) is 0 Å². The molecule has 1 N–H and O–H groups in total. The first kappa shape index (κ1) is 14.0. The number of hydrogen-bond acceptors (Lipinski definition) is 3. The molecule has 1 unspecified atom stereocenters. The predicted octanol–water partition coefficient (Wildman–Crippen LogP) is 2.07. The normalized spacial score (nSPS) is 23.3. The quantitative estimate of drug-likeness (QED) is 0.913. The zero-order valence-corrected chi connectivity index (χ0v) is 10.7. The molecular weight excluding hydrogens is 256 g/mol. The number of aliphatic hydroxyl groups is 1. The van der Waals surface area contributed by atoms with E-state index < -0.39 is 12.0 Å². The summed E-state index contributed by atoms with van der Waals surface area (Å²) in [5.41, 5.74) is -1.68. The molecule has 0 aliphatic carbocycles. The molecule has 0 aromatic carbocycles. The molecule has 106 valence electrons. The van der Waals surface area contributed by atoms with E-state index in [0.29, 0.717) is 17.7 Å². The number of carbonyl (C=O) groups excluding carboxylic acids is 1. The second-order valence-electron chi connectivity index (χ2n) is 4.89. The highest BCUT2D eigenvalue weighted by Gasteiger charge is 2.45. The molecule has 1 amide bonds. The van der Waals surface area contributed by atoms with Gasteiger partial charge in [0.2, 0.25) is 0 Å². The highest BCUT2D eigenvalue weighted by Crippen LogP contribution is 2.29. The zero-order valence-electron chi connectivity index (χ0n) is 10.7. The SMILES string of the molecule is CCCc1occc1C(=O)N1CCC(O)(C(F)F)C1. The van der Waals surface area contributed by atoms with Crippen LogP contribution in [0.1, 0.15) is 35.9 Å². The Hall–Kier alpha value is -1.43. The summed E-state index contributed by atoms with van der Waals surface area (Å²) in [7, 11) is 0. The molecule has 1 atom stereocenters. The topological polar surface area (TPSA) is 53.7 Å². The first-order valence-corrected chi connectivity index (χ1v) is 6.34. The van der Waals surface area contributed by atoms with E-state index in [4.69, 9.17) is 4.42 Å². The molecule has 2 heterocycles. The molecule has 1 saturated heterocycles. The maximum atomic E-state index is 12.7. The Bertz CT molecular complexity index is 460. The maximum Gasteiger partial charge on any atom is 0.268 e. The molecule has 1 fully saturated rings. The number of aryl methyl sites for hydroxylation is 1. The monoisotopic (exact) mass is 273 g/mol. The predicted molar refractivity (Wildman–Crippen MR) is 64.2 cm³/mol. The minimum absolute atomic E-state index is 0.0998. The van der Waals surface area contributed by atoms with Crippen LogP contribution in [0.3, 0.4) is 0 Å². The van der Waals surface area contributed by atoms with E-state index in [1.54, 1.807) is 6.07 Å². The zero-order chi connectivity index (χ0) is 14.0. The smallest absolute Gasteiger partial charge is 0.268 e. The summed E-state index contributed by atoms with van der Waals surface area (Å²) >= 11 is 0. The van der Waals surface area contributed by atoms with Crippen LogP contribution in [0.2, 0.25) is 0 Å². The average molecular weight is 273 g/mol. The largest absolute Gasteiger partial charge is 0.469 e. The molecule has 19 heavy (non-hydrogen) atoms. The molecule has 0 spiro atoms. The fourth-order valence-electron chi connectivity index (χ4n) is 2.29. The lowest BCUT2D eigenvalue weighted by molar-refractivity contribution is -0.0855. The average Bonchev–Trinajstić information content (AvgIpc) is 2.97. The van der Waals surface area contributed by atoms with Gasteiger partial charge in [-0.15, -0.1) is 0 Å². The third-order valence-electron chi connectivity index (χ3n) is 3.43. The van der Waals surface area contributed by atoms with Crippen LogP contribution < -0.4 is 0 Å². The van der Waals surface area contributed by atoms with Crippen LogP contribution in [0.5, 0.6) is 0 Å². The molecule has 1 aliphatic rings. The van der Waals surface area contributed by atoms with E-state index in [9.17, 15) is 18.7 Å². The van der Waals surface area contributed by atoms with Gasteiger partial charge in [-0.1, -0.05) is 6.92 Å². The maximum absolute atomic E-state index is 12.7. The van der Waals surface area contributed by atoms with E-state index in [1.807, 2.05) is 6.92 Å². The van der Waals surface area contributed by atoms with Gasteiger partial charge in [-0.05, 0) is 12.5 Å². The number of hydrogen-bond donors (Lipinski definition) is 1. The third-order valence-corrected chi connectivity index (χ3v) is 3.43. The minimum Gasteiger partial charge on any atom is -0.469 e. The van der Waals surface area contributed by atoms with Crippen molar-refractivity contribution in [1.82, 2.24) is 4.90 Å². The molecule has 4 nitrogen and oxygen atoms in total. The van der Waals surface area contributed by atoms with Crippen LogP contribution in [-0.2, 0) is 6.42 Å². The fraction of sp³-hybridized carbons (Fsp3) is 0.615. The Morgan fingerprint density at radius 2 is 2.37 bits per heavy atom. The summed E-state index contributed by atoms with van der Waals surface area (Å²) in [6, 6.07) is 1.55. The summed E-state index contributed by atoms with van der Waals surface area (Å²) in [5.74, 6) is 0.216. The van der Waals surface area contributed by atoms with Gasteiger partial charge in [0.05, 0.1) is 18.4 Å². The number of halogens is 2. The van der Waals surface area contributed by atoms with Crippen molar-refractivity contribution in [1.29, 1.82) is 0 Å². The van der Waals surface area contributed by atoms with Crippen LogP contribution in [0.4, 0.5) is 8.78 Å². The number of carbonyl (C=O) groups is 1. The molecule has 0 radical (unpaired) electrons. The molecule has 0 saturated carbocycles. The van der Waals surface area contributed by atoms with E-state index in [2.05, 4.69) is 0 Å². The van der Waals surface area contributed by atoms with Gasteiger partial charge in [0.15, 0.2) is 0 Å². The van der Waals surface area contributed by atoms with Gasteiger partial charge in [0.25, 0.3) is 12.3 Å². The Morgan fingerprint density at radius 1 is 1.63 bits per heavy atom. The highest BCUT2D eigenvalue weighted by molar-refractivity contribution is 5.95. The Balaban J connectivity index is 2.11. The molecule has 1 aromatic heterocycles. The van der Waals surface area contributed by atoms with Gasteiger partial charge < -0.3 is 14.4 Å². The van der Waals surface area contributed by atoms with Crippen molar-refractivity contribution in [3.05, 3.63) is 23.7 Å². The van der Waals surface area contributed by atoms with Crippen LogP contribution in [0, 0.1) is 0 Å². The molecule has 2 rings (SSSR count). The number of alkyl halides is 2. The lowest BCUT2D eigenvalue weighted by Crippen LogP contribution is -2.41. The van der Waals surface area contributed by atoms with Crippen molar-refractivity contribution in [2.45, 2.75) is 38.2 Å². The first-order chi connectivity index (χ1) is 8.98. The van der Waals surface area contributed by atoms with Gasteiger partial charge in [-0.2, -0.15) is 0 Å². The van der Waals surface area contributed by atoms with Crippen molar-refractivity contribution in [2.24, 2.45) is 0 Å². The number of likely N-dealkylation sites (tertiary alicyclic amines) is 1. The van der Waals surface area contributed by atoms with E-state index >= 15 is 0 Å². The van der Waals surface area contributed by atoms with Crippen molar-refractivity contribution < 1.29 is 23.1 Å². The number of β-amino-alcohol motifs (C(OH)–C–C–N with tert-alkyl or cyclic N) is 1. The molecule has 1 aromatic rings. The van der Waals surface area contributed by atoms with Crippen LogP contribution in [-0.4, -0.2) is 41.0 Å². The van der Waals surface area contributed by atoms with Gasteiger partial charge in [0.1, 0.15) is 11.4 Å². The Morgan fingerprint density at radius 3 is 2.95 bits per heavy atom. The van der Waals surface area contributed by atoms with Crippen LogP contribution in [0.25, 0.3) is 0 Å². The summed E-state index contributed by atoms with van der Waals surface area (Å²) in [6.45, 7) is 1.76. The van der Waals surface area contributed by atoms with Crippen LogP contribution in [0.15, 0.2) is 16.7 Å². The number of amides is 1. The number of rotatable bonds is 4. The molecule has 0 bridgehead atoms. The van der Waals surface area contributed by atoms with E-state index in [1.165, 1.54) is 11.2 Å². The van der Waals surface area contributed by atoms with Gasteiger partial charge >= 0.3 is 0 Å². The summed E-state index contributed by atoms with van der Waals surface area (Å²) in [5, 5.41) is 9.69. The van der Waals surface area contributed by atoms with Crippen molar-refractivity contribution >= 4 is 5.91 Å². The van der Waals surface area contributed by atoms with Crippen LogP contribution >= 0.6 is 0 Å². The third kappa shape index (κ3) is 2.63. The summed E-state index contributed by atoms with van der Waals surface area (Å²) in [4.78, 5) is 13.5. The molecule has 6 heteroatoms. The second-order valence-corrected chi connectivity index (χ2v) is 4.89. The molecular formula is C13H17F2NO3. The number of nitrogens with zero attached hydrogens (tertiary/aromatic N) is 1. The lowest BCUT2D eigenvalue weighted by Gasteiger charge is -2.22. The lowest BCUT2D eigenvalue weighted by atomic mass is 10.1. The first-order valence-electron chi connectivity index (χ1n) is 6.34. The summed E-state index contributed by atoms with van der Waals surface area (Å²) in [6.07, 6.45) is -0.0643. The van der Waals surface area contributed by atoms with E-state index in [-0.39, 0.29) is 25.4 Å². The highest BCUT2D eigenvalue weighted by atomic mass is 19.3. The number of furan rings is 1. The Kier molecular flexibility index (Phi) is 3.89. The molecule has 1 aliphatic heterocycles. The standard InChI is InChI=1S/C13H17F2NO3/c1-2-3-10-9(4-7-19-10)11(17)16-6-5-13(18,8-16)12(14)15/h4,7,12,18H,2-3,5-6,8H2,1H3.